The predicted molar refractivity (Wildman–Crippen MR) is 125 cm³/mol. The minimum Gasteiger partial charge on any atom is -0.479 e. The van der Waals surface area contributed by atoms with Gasteiger partial charge in [-0.15, -0.1) is 10.2 Å². The molecule has 0 unspecified atom stereocenters. The highest BCUT2D eigenvalue weighted by atomic mass is 19.3. The number of alkyl halides is 2. The largest absolute Gasteiger partial charge is 0.479 e. The second-order valence-corrected chi connectivity index (χ2v) is 9.10. The van der Waals surface area contributed by atoms with Crippen molar-refractivity contribution in [3.05, 3.63) is 30.2 Å². The number of nitrogens with zero attached hydrogens (tertiary/aromatic N) is 7. The summed E-state index contributed by atoms with van der Waals surface area (Å²) in [5, 5.41) is 15.6. The molecule has 0 radical (unpaired) electrons. The summed E-state index contributed by atoms with van der Waals surface area (Å²) in [5.74, 6) is 0.0127. The van der Waals surface area contributed by atoms with Crippen molar-refractivity contribution < 1.29 is 22.6 Å². The van der Waals surface area contributed by atoms with Crippen LogP contribution < -0.4 is 10.1 Å². The summed E-state index contributed by atoms with van der Waals surface area (Å²) < 4.78 is 54.5. The molecule has 190 valence electrons. The highest BCUT2D eigenvalue weighted by Gasteiger charge is 2.30. The fourth-order valence-corrected chi connectivity index (χ4v) is 4.91. The van der Waals surface area contributed by atoms with Gasteiger partial charge >= 0.3 is 0 Å². The third-order valence-corrected chi connectivity index (χ3v) is 6.86. The zero-order chi connectivity index (χ0) is 24.8. The van der Waals surface area contributed by atoms with Gasteiger partial charge < -0.3 is 14.8 Å². The maximum absolute atomic E-state index is 15.3. The molecule has 0 spiro atoms. The van der Waals surface area contributed by atoms with Gasteiger partial charge in [-0.1, -0.05) is 11.3 Å². The molecule has 10 nitrogen and oxygen atoms in total. The van der Waals surface area contributed by atoms with Crippen molar-refractivity contribution in [1.82, 2.24) is 34.5 Å². The summed E-state index contributed by atoms with van der Waals surface area (Å²) in [4.78, 5) is 6.95. The van der Waals surface area contributed by atoms with Crippen molar-refractivity contribution >= 4 is 22.5 Å². The molecule has 0 atom stereocenters. The first-order chi connectivity index (χ1) is 17.5. The molecule has 6 rings (SSSR count). The lowest BCUT2D eigenvalue weighted by atomic mass is 10.0. The monoisotopic (exact) mass is 502 g/mol. The lowest BCUT2D eigenvalue weighted by Crippen LogP contribution is -2.53. The first-order valence-electron chi connectivity index (χ1n) is 11.8. The van der Waals surface area contributed by atoms with E-state index in [9.17, 15) is 8.78 Å². The summed E-state index contributed by atoms with van der Waals surface area (Å²) >= 11 is 0. The Morgan fingerprint density at radius 2 is 2.03 bits per heavy atom. The van der Waals surface area contributed by atoms with Crippen LogP contribution in [0.2, 0.25) is 0 Å². The Balaban J connectivity index is 1.30. The average Bonchev–Trinajstić information content (AvgIpc) is 3.37. The maximum atomic E-state index is 15.3. The zero-order valence-corrected chi connectivity index (χ0v) is 19.6. The van der Waals surface area contributed by atoms with Gasteiger partial charge in [0.25, 0.3) is 6.43 Å². The molecule has 36 heavy (non-hydrogen) atoms. The van der Waals surface area contributed by atoms with Crippen LogP contribution in [0.15, 0.2) is 24.4 Å². The van der Waals surface area contributed by atoms with E-state index in [0.29, 0.717) is 34.1 Å². The average molecular weight is 503 g/mol. The summed E-state index contributed by atoms with van der Waals surface area (Å²) in [6.45, 7) is 2.93. The Morgan fingerprint density at radius 1 is 1.22 bits per heavy atom. The number of methoxy groups -OCH3 is 1. The molecule has 0 saturated carbocycles. The second kappa shape index (κ2) is 9.21. The molecule has 2 saturated heterocycles. The van der Waals surface area contributed by atoms with Crippen molar-refractivity contribution in [2.24, 2.45) is 0 Å². The minimum absolute atomic E-state index is 0.189. The molecule has 0 bridgehead atoms. The Morgan fingerprint density at radius 3 is 2.72 bits per heavy atom. The minimum atomic E-state index is -2.59. The van der Waals surface area contributed by atoms with Gasteiger partial charge in [0, 0.05) is 19.1 Å². The fourth-order valence-electron chi connectivity index (χ4n) is 4.91. The normalized spacial score (nSPS) is 17.8. The van der Waals surface area contributed by atoms with Crippen LogP contribution in [0.3, 0.4) is 0 Å². The molecule has 5 heterocycles. The molecule has 13 heteroatoms. The van der Waals surface area contributed by atoms with E-state index in [4.69, 9.17) is 9.47 Å². The number of rotatable bonds is 7. The number of benzene rings is 1. The second-order valence-electron chi connectivity index (χ2n) is 9.10. The first kappa shape index (κ1) is 23.0. The summed E-state index contributed by atoms with van der Waals surface area (Å²) in [6.07, 6.45) is 0.542. The SMILES string of the molecule is COc1nc(NC2CCN(C3COC3)CC2)nn2cc(F)c(-c3ccc4nnn(CC(F)F)c4c3)c12. The first-order valence-corrected chi connectivity index (χ1v) is 11.8. The summed E-state index contributed by atoms with van der Waals surface area (Å²) in [7, 11) is 1.46. The third-order valence-electron chi connectivity index (χ3n) is 6.86. The molecule has 1 aromatic carbocycles. The molecule has 2 fully saturated rings. The van der Waals surface area contributed by atoms with Crippen LogP contribution >= 0.6 is 0 Å². The number of nitrogens with one attached hydrogen (secondary N) is 1. The van der Waals surface area contributed by atoms with Gasteiger partial charge in [-0.3, -0.25) is 4.90 Å². The summed E-state index contributed by atoms with van der Waals surface area (Å²) in [6, 6.07) is 5.57. The van der Waals surface area contributed by atoms with Crippen LogP contribution in [-0.2, 0) is 11.3 Å². The van der Waals surface area contributed by atoms with E-state index in [1.807, 2.05) is 0 Å². The number of aromatic nitrogens is 6. The van der Waals surface area contributed by atoms with Crippen molar-refractivity contribution in [2.45, 2.75) is 37.9 Å². The highest BCUT2D eigenvalue weighted by Crippen LogP contribution is 2.35. The number of hydrogen-bond donors (Lipinski definition) is 1. The Kier molecular flexibility index (Phi) is 5.88. The van der Waals surface area contributed by atoms with Gasteiger partial charge in [0.05, 0.1) is 43.6 Å². The van der Waals surface area contributed by atoms with Crippen LogP contribution in [0, 0.1) is 5.82 Å². The van der Waals surface area contributed by atoms with E-state index in [1.54, 1.807) is 18.2 Å². The molecule has 1 N–H and O–H groups in total. The van der Waals surface area contributed by atoms with Gasteiger partial charge in [0.1, 0.15) is 17.6 Å². The molecular weight excluding hydrogens is 477 g/mol. The molecule has 4 aromatic rings. The lowest BCUT2D eigenvalue weighted by Gasteiger charge is -2.41. The quantitative estimate of drug-likeness (QED) is 0.412. The highest BCUT2D eigenvalue weighted by molar-refractivity contribution is 5.89. The van der Waals surface area contributed by atoms with Crippen LogP contribution in [-0.4, -0.2) is 86.4 Å². The van der Waals surface area contributed by atoms with E-state index >= 15 is 4.39 Å². The Bertz CT molecular complexity index is 1400. The molecule has 2 aliphatic heterocycles. The Hall–Kier alpha value is -3.45. The van der Waals surface area contributed by atoms with Crippen molar-refractivity contribution in [2.75, 3.05) is 38.7 Å². The number of ether oxygens (including phenoxy) is 2. The van der Waals surface area contributed by atoms with Crippen molar-refractivity contribution in [3.8, 4) is 17.0 Å². The van der Waals surface area contributed by atoms with E-state index in [1.165, 1.54) is 17.8 Å². The van der Waals surface area contributed by atoms with Crippen molar-refractivity contribution in [3.63, 3.8) is 0 Å². The van der Waals surface area contributed by atoms with Crippen LogP contribution in [0.5, 0.6) is 5.88 Å². The number of hydrogen-bond acceptors (Lipinski definition) is 8. The predicted octanol–water partition coefficient (Wildman–Crippen LogP) is 2.83. The van der Waals surface area contributed by atoms with Crippen molar-refractivity contribution in [1.29, 1.82) is 0 Å². The third kappa shape index (κ3) is 4.11. The van der Waals surface area contributed by atoms with Crippen LogP contribution in [0.25, 0.3) is 27.7 Å². The van der Waals surface area contributed by atoms with Gasteiger partial charge in [-0.2, -0.15) is 4.98 Å². The van der Waals surface area contributed by atoms with E-state index < -0.39 is 18.8 Å². The Labute approximate surface area is 204 Å². The molecule has 0 amide bonds. The van der Waals surface area contributed by atoms with Crippen LogP contribution in [0.1, 0.15) is 12.8 Å². The fraction of sp³-hybridized carbons (Fsp3) is 0.478. The number of likely N-dealkylation sites (tertiary alicyclic amines) is 1. The lowest BCUT2D eigenvalue weighted by molar-refractivity contribution is -0.0705. The van der Waals surface area contributed by atoms with E-state index in [-0.39, 0.29) is 17.5 Å². The molecule has 3 aromatic heterocycles. The number of piperidine rings is 1. The van der Waals surface area contributed by atoms with Gasteiger partial charge in [0.15, 0.2) is 5.82 Å². The van der Waals surface area contributed by atoms with Gasteiger partial charge in [0.2, 0.25) is 11.8 Å². The smallest absolute Gasteiger partial charge is 0.258 e. The van der Waals surface area contributed by atoms with Gasteiger partial charge in [-0.05, 0) is 30.5 Å². The maximum Gasteiger partial charge on any atom is 0.258 e. The topological polar surface area (TPSA) is 94.6 Å². The summed E-state index contributed by atoms with van der Waals surface area (Å²) in [5.41, 5.74) is 1.82. The number of halogens is 3. The molecule has 0 aliphatic carbocycles. The van der Waals surface area contributed by atoms with Crippen LogP contribution in [0.4, 0.5) is 19.1 Å². The van der Waals surface area contributed by atoms with Gasteiger partial charge in [-0.25, -0.2) is 22.4 Å². The molecular formula is C23H25F3N8O2. The molecule has 2 aliphatic rings. The zero-order valence-electron chi connectivity index (χ0n) is 19.6. The number of fused-ring (bicyclic) bond motifs is 2. The standard InChI is InChI=1S/C23H25F3N8O2/c1-35-22-21-20(13-2-3-17-18(8-13)33(31-29-17)10-19(25)26)16(24)9-34(21)30-23(28-22)27-14-4-6-32(7-5-14)15-11-36-12-15/h2-3,8-9,14-15,19H,4-7,10-12H2,1H3,(H,27,30). The van der Waals surface area contributed by atoms with E-state index in [0.717, 1.165) is 43.8 Å². The van der Waals surface area contributed by atoms with E-state index in [2.05, 4.69) is 30.6 Å². The number of anilines is 1.